The molecule has 0 amide bonds. The summed E-state index contributed by atoms with van der Waals surface area (Å²) in [6, 6.07) is 0. The molecular formula is C11H16O2S2. The van der Waals surface area contributed by atoms with Gasteiger partial charge in [-0.1, -0.05) is 6.08 Å². The fourth-order valence-corrected chi connectivity index (χ4v) is 4.85. The van der Waals surface area contributed by atoms with Crippen LogP contribution in [0.15, 0.2) is 12.2 Å². The first kappa shape index (κ1) is 12.8. The Labute approximate surface area is 99.3 Å². The van der Waals surface area contributed by atoms with E-state index in [0.717, 1.165) is 25.4 Å². The van der Waals surface area contributed by atoms with E-state index in [9.17, 15) is 9.59 Å². The van der Waals surface area contributed by atoms with Crippen molar-refractivity contribution >= 4 is 36.1 Å². The average molecular weight is 244 g/mol. The zero-order valence-corrected chi connectivity index (χ0v) is 10.3. The number of allylic oxidation sites excluding steroid dienone is 2. The van der Waals surface area contributed by atoms with Crippen LogP contribution in [0, 0.1) is 0 Å². The highest BCUT2D eigenvalue weighted by Crippen LogP contribution is 2.47. The Bertz CT molecular complexity index is 233. The minimum absolute atomic E-state index is 0.138. The van der Waals surface area contributed by atoms with Crippen LogP contribution >= 0.6 is 23.5 Å². The van der Waals surface area contributed by atoms with E-state index in [1.54, 1.807) is 6.08 Å². The second-order valence-electron chi connectivity index (χ2n) is 3.43. The van der Waals surface area contributed by atoms with Crippen molar-refractivity contribution in [3.05, 3.63) is 12.2 Å². The van der Waals surface area contributed by atoms with Gasteiger partial charge in [-0.25, -0.2) is 0 Å². The van der Waals surface area contributed by atoms with E-state index in [-0.39, 0.29) is 4.08 Å². The van der Waals surface area contributed by atoms with Crippen molar-refractivity contribution in [3.8, 4) is 0 Å². The van der Waals surface area contributed by atoms with Gasteiger partial charge < -0.3 is 4.79 Å². The minimum Gasteiger partial charge on any atom is -0.303 e. The SMILES string of the molecule is O=C/C=C/CC1(CCC=O)SCCCS1. The first-order valence-corrected chi connectivity index (χ1v) is 7.12. The van der Waals surface area contributed by atoms with Crippen LogP contribution in [0.3, 0.4) is 0 Å². The van der Waals surface area contributed by atoms with Gasteiger partial charge in [0.25, 0.3) is 0 Å². The van der Waals surface area contributed by atoms with Crippen molar-refractivity contribution in [1.82, 2.24) is 0 Å². The molecule has 15 heavy (non-hydrogen) atoms. The van der Waals surface area contributed by atoms with Crippen LogP contribution in [0.5, 0.6) is 0 Å². The lowest BCUT2D eigenvalue weighted by atomic mass is 10.2. The third kappa shape index (κ3) is 4.43. The van der Waals surface area contributed by atoms with Crippen molar-refractivity contribution in [2.75, 3.05) is 11.5 Å². The summed E-state index contributed by atoms with van der Waals surface area (Å²) in [5.74, 6) is 2.33. The van der Waals surface area contributed by atoms with Gasteiger partial charge in [-0.05, 0) is 36.8 Å². The molecule has 0 saturated carbocycles. The molecular weight excluding hydrogens is 228 g/mol. The molecule has 2 nitrogen and oxygen atoms in total. The maximum Gasteiger partial charge on any atom is 0.142 e. The van der Waals surface area contributed by atoms with Crippen LogP contribution in [-0.4, -0.2) is 28.2 Å². The lowest BCUT2D eigenvalue weighted by Crippen LogP contribution is -2.24. The Kier molecular flexibility index (Phi) is 6.10. The highest BCUT2D eigenvalue weighted by atomic mass is 32.2. The number of aldehydes is 2. The average Bonchev–Trinajstić information content (AvgIpc) is 2.28. The van der Waals surface area contributed by atoms with E-state index < -0.39 is 0 Å². The molecule has 4 heteroatoms. The molecule has 84 valence electrons. The lowest BCUT2D eigenvalue weighted by molar-refractivity contribution is -0.108. The molecule has 0 aliphatic carbocycles. The van der Waals surface area contributed by atoms with Gasteiger partial charge in [-0.2, -0.15) is 0 Å². The fraction of sp³-hybridized carbons (Fsp3) is 0.636. The van der Waals surface area contributed by atoms with Gasteiger partial charge in [0.15, 0.2) is 0 Å². The number of carbonyl (C=O) groups is 2. The topological polar surface area (TPSA) is 34.1 Å². The maximum atomic E-state index is 10.4. The van der Waals surface area contributed by atoms with Crippen LogP contribution in [-0.2, 0) is 9.59 Å². The zero-order chi connectivity index (χ0) is 11.0. The monoisotopic (exact) mass is 244 g/mol. The van der Waals surface area contributed by atoms with E-state index in [1.165, 1.54) is 17.9 Å². The number of hydrogen-bond acceptors (Lipinski definition) is 4. The smallest absolute Gasteiger partial charge is 0.142 e. The summed E-state index contributed by atoms with van der Waals surface area (Å²) < 4.78 is 0.138. The third-order valence-electron chi connectivity index (χ3n) is 2.31. The third-order valence-corrected chi connectivity index (χ3v) is 5.79. The van der Waals surface area contributed by atoms with E-state index in [4.69, 9.17) is 0 Å². The molecule has 1 aliphatic rings. The van der Waals surface area contributed by atoms with Crippen molar-refractivity contribution in [2.24, 2.45) is 0 Å². The zero-order valence-electron chi connectivity index (χ0n) is 8.69. The number of hydrogen-bond donors (Lipinski definition) is 0. The van der Waals surface area contributed by atoms with Gasteiger partial charge in [0.1, 0.15) is 12.6 Å². The molecule has 1 saturated heterocycles. The summed E-state index contributed by atoms with van der Waals surface area (Å²) in [6.07, 6.45) is 8.93. The number of carbonyl (C=O) groups excluding carboxylic acids is 2. The first-order chi connectivity index (χ1) is 7.33. The van der Waals surface area contributed by atoms with E-state index >= 15 is 0 Å². The molecule has 0 radical (unpaired) electrons. The van der Waals surface area contributed by atoms with Crippen molar-refractivity contribution in [1.29, 1.82) is 0 Å². The van der Waals surface area contributed by atoms with Crippen LogP contribution in [0.4, 0.5) is 0 Å². The Morgan fingerprint density at radius 1 is 1.20 bits per heavy atom. The summed E-state index contributed by atoms with van der Waals surface area (Å²) >= 11 is 3.88. The molecule has 1 aliphatic heterocycles. The summed E-state index contributed by atoms with van der Waals surface area (Å²) in [6.45, 7) is 0. The molecule has 0 aromatic carbocycles. The summed E-state index contributed by atoms with van der Waals surface area (Å²) in [4.78, 5) is 20.6. The van der Waals surface area contributed by atoms with Gasteiger partial charge in [-0.15, -0.1) is 23.5 Å². The predicted molar refractivity (Wildman–Crippen MR) is 67.4 cm³/mol. The largest absolute Gasteiger partial charge is 0.303 e. The van der Waals surface area contributed by atoms with Gasteiger partial charge in [0, 0.05) is 6.42 Å². The summed E-state index contributed by atoms with van der Waals surface area (Å²) in [5.41, 5.74) is 0. The molecule has 0 spiro atoms. The second-order valence-corrected chi connectivity index (χ2v) is 6.65. The second kappa shape index (κ2) is 7.12. The molecule has 1 fully saturated rings. The molecule has 0 aromatic rings. The highest BCUT2D eigenvalue weighted by molar-refractivity contribution is 8.18. The molecule has 0 N–H and O–H groups in total. The van der Waals surface area contributed by atoms with Crippen LogP contribution in [0.25, 0.3) is 0 Å². The normalized spacial score (nSPS) is 20.3. The molecule has 0 unspecified atom stereocenters. The summed E-state index contributed by atoms with van der Waals surface area (Å²) in [7, 11) is 0. The van der Waals surface area contributed by atoms with Gasteiger partial charge in [0.2, 0.25) is 0 Å². The Morgan fingerprint density at radius 2 is 1.93 bits per heavy atom. The van der Waals surface area contributed by atoms with E-state index in [1.807, 2.05) is 29.6 Å². The quantitative estimate of drug-likeness (QED) is 0.531. The highest BCUT2D eigenvalue weighted by Gasteiger charge is 2.31. The molecule has 1 heterocycles. The van der Waals surface area contributed by atoms with Crippen molar-refractivity contribution < 1.29 is 9.59 Å². The Balaban J connectivity index is 2.52. The van der Waals surface area contributed by atoms with E-state index in [2.05, 4.69) is 0 Å². The van der Waals surface area contributed by atoms with Crippen molar-refractivity contribution in [2.45, 2.75) is 29.8 Å². The fourth-order valence-electron chi connectivity index (χ4n) is 1.56. The minimum atomic E-state index is 0.138. The molecule has 1 rings (SSSR count). The number of rotatable bonds is 6. The lowest BCUT2D eigenvalue weighted by Gasteiger charge is -2.35. The maximum absolute atomic E-state index is 10.4. The standard InChI is InChI=1S/C11H16O2S2/c12-7-2-1-5-11(6-3-8-13)14-9-4-10-15-11/h1-2,7-8H,3-6,9-10H2/b2-1+. The van der Waals surface area contributed by atoms with Crippen LogP contribution in [0.1, 0.15) is 25.7 Å². The molecule has 0 aromatic heterocycles. The molecule has 0 atom stereocenters. The Hall–Kier alpha value is -0.220. The van der Waals surface area contributed by atoms with Crippen molar-refractivity contribution in [3.63, 3.8) is 0 Å². The Morgan fingerprint density at radius 3 is 2.53 bits per heavy atom. The van der Waals surface area contributed by atoms with Gasteiger partial charge in [0.05, 0.1) is 4.08 Å². The summed E-state index contributed by atoms with van der Waals surface area (Å²) in [5, 5.41) is 0. The van der Waals surface area contributed by atoms with Crippen LogP contribution < -0.4 is 0 Å². The van der Waals surface area contributed by atoms with Gasteiger partial charge >= 0.3 is 0 Å². The first-order valence-electron chi connectivity index (χ1n) is 5.15. The van der Waals surface area contributed by atoms with Gasteiger partial charge in [-0.3, -0.25) is 4.79 Å². The van der Waals surface area contributed by atoms with Crippen LogP contribution in [0.2, 0.25) is 0 Å². The number of thioether (sulfide) groups is 2. The predicted octanol–water partition coefficient (Wildman–Crippen LogP) is 2.68. The molecule has 0 bridgehead atoms. The van der Waals surface area contributed by atoms with E-state index in [0.29, 0.717) is 6.42 Å².